The van der Waals surface area contributed by atoms with Crippen LogP contribution in [-0.2, 0) is 11.2 Å². The minimum absolute atomic E-state index is 0.0172. The lowest BCUT2D eigenvalue weighted by Gasteiger charge is -2.21. The number of benzene rings is 2. The zero-order valence-corrected chi connectivity index (χ0v) is 14.1. The lowest BCUT2D eigenvalue weighted by Crippen LogP contribution is -2.39. The van der Waals surface area contributed by atoms with Gasteiger partial charge in [-0.3, -0.25) is 15.5 Å². The fourth-order valence-electron chi connectivity index (χ4n) is 2.45. The van der Waals surface area contributed by atoms with Crippen LogP contribution in [0.15, 0.2) is 48.5 Å². The van der Waals surface area contributed by atoms with Gasteiger partial charge in [0.05, 0.1) is 5.92 Å². The van der Waals surface area contributed by atoms with Crippen molar-refractivity contribution in [1.82, 2.24) is 5.32 Å². The molecule has 0 aliphatic carbocycles. The largest absolute Gasteiger partial charge is 0.573 e. The quantitative estimate of drug-likeness (QED) is 0.543. The second-order valence-electron chi connectivity index (χ2n) is 5.38. The fourth-order valence-corrected chi connectivity index (χ4v) is 2.66. The number of carbonyl (C=O) groups excluding carboxylic acids is 1. The molecule has 0 bridgehead atoms. The molecule has 9 heteroatoms. The molecule has 0 spiro atoms. The van der Waals surface area contributed by atoms with Crippen molar-refractivity contribution in [1.29, 1.82) is 5.41 Å². The number of rotatable bonds is 5. The van der Waals surface area contributed by atoms with Crippen molar-refractivity contribution in [2.75, 3.05) is 0 Å². The Morgan fingerprint density at radius 3 is 2.54 bits per heavy atom. The van der Waals surface area contributed by atoms with E-state index in [0.29, 0.717) is 10.6 Å². The molecular weight excluding hydrogens is 371 g/mol. The zero-order chi connectivity index (χ0) is 19.3. The molecule has 0 aliphatic heterocycles. The maximum atomic E-state index is 12.7. The van der Waals surface area contributed by atoms with Crippen LogP contribution in [0, 0.1) is 5.41 Å². The number of nitrogens with two attached hydrogens (primary N) is 1. The van der Waals surface area contributed by atoms with Crippen molar-refractivity contribution in [2.45, 2.75) is 18.7 Å². The molecule has 1 amide bonds. The Hall–Kier alpha value is -2.74. The third-order valence-electron chi connectivity index (χ3n) is 3.42. The second-order valence-corrected chi connectivity index (χ2v) is 5.81. The number of para-hydroxylation sites is 1. The number of hydrogen-bond donors (Lipinski definition) is 3. The van der Waals surface area contributed by atoms with Crippen LogP contribution in [-0.4, -0.2) is 18.2 Å². The normalized spacial score (nSPS) is 12.3. The summed E-state index contributed by atoms with van der Waals surface area (Å²) in [5.41, 5.74) is 5.83. The summed E-state index contributed by atoms with van der Waals surface area (Å²) >= 11 is 5.93. The number of guanidine groups is 1. The van der Waals surface area contributed by atoms with Gasteiger partial charge >= 0.3 is 6.36 Å². The molecule has 0 aromatic heterocycles. The van der Waals surface area contributed by atoms with Crippen molar-refractivity contribution >= 4 is 23.5 Å². The molecule has 2 aromatic carbocycles. The van der Waals surface area contributed by atoms with Gasteiger partial charge in [-0.05, 0) is 30.2 Å². The van der Waals surface area contributed by atoms with Crippen molar-refractivity contribution < 1.29 is 22.7 Å². The Labute approximate surface area is 152 Å². The Morgan fingerprint density at radius 1 is 1.23 bits per heavy atom. The molecule has 2 aromatic rings. The number of carbonyl (C=O) groups is 1. The predicted molar refractivity (Wildman–Crippen MR) is 91.1 cm³/mol. The Bertz CT molecular complexity index is 812. The summed E-state index contributed by atoms with van der Waals surface area (Å²) in [7, 11) is 0. The molecule has 0 heterocycles. The molecule has 0 radical (unpaired) electrons. The molecule has 5 nitrogen and oxygen atoms in total. The summed E-state index contributed by atoms with van der Waals surface area (Å²) in [4.78, 5) is 12.5. The molecule has 4 N–H and O–H groups in total. The van der Waals surface area contributed by atoms with Gasteiger partial charge in [0.2, 0.25) is 5.91 Å². The summed E-state index contributed by atoms with van der Waals surface area (Å²) in [6, 6.07) is 11.9. The molecule has 0 saturated heterocycles. The van der Waals surface area contributed by atoms with Crippen LogP contribution in [0.3, 0.4) is 0 Å². The number of hydrogen-bond acceptors (Lipinski definition) is 3. The van der Waals surface area contributed by atoms with E-state index in [1.165, 1.54) is 18.2 Å². The van der Waals surface area contributed by atoms with Crippen LogP contribution in [0.25, 0.3) is 0 Å². The fraction of sp³-hybridized carbons (Fsp3) is 0.176. The van der Waals surface area contributed by atoms with Gasteiger partial charge in [-0.1, -0.05) is 41.9 Å². The molecule has 0 aliphatic rings. The van der Waals surface area contributed by atoms with Crippen molar-refractivity contribution in [2.24, 2.45) is 5.73 Å². The van der Waals surface area contributed by atoms with Gasteiger partial charge in [0.25, 0.3) is 0 Å². The first-order valence-electron chi connectivity index (χ1n) is 7.39. The van der Waals surface area contributed by atoms with E-state index in [1.54, 1.807) is 24.3 Å². The van der Waals surface area contributed by atoms with Crippen LogP contribution < -0.4 is 15.8 Å². The van der Waals surface area contributed by atoms with Gasteiger partial charge in [-0.25, -0.2) is 0 Å². The Balaban J connectivity index is 2.44. The van der Waals surface area contributed by atoms with Gasteiger partial charge in [0, 0.05) is 10.6 Å². The van der Waals surface area contributed by atoms with Gasteiger partial charge in [-0.2, -0.15) is 0 Å². The van der Waals surface area contributed by atoms with Gasteiger partial charge in [0.1, 0.15) is 5.75 Å². The summed E-state index contributed by atoms with van der Waals surface area (Å²) in [5, 5.41) is 9.75. The lowest BCUT2D eigenvalue weighted by molar-refractivity contribution is -0.275. The smallest absolute Gasteiger partial charge is 0.405 e. The maximum absolute atomic E-state index is 12.7. The highest BCUT2D eigenvalue weighted by atomic mass is 35.5. The van der Waals surface area contributed by atoms with E-state index in [2.05, 4.69) is 10.1 Å². The van der Waals surface area contributed by atoms with Gasteiger partial charge in [0.15, 0.2) is 5.96 Å². The minimum Gasteiger partial charge on any atom is -0.405 e. The Kier molecular flexibility index (Phi) is 6.10. The lowest BCUT2D eigenvalue weighted by atomic mass is 9.90. The van der Waals surface area contributed by atoms with E-state index >= 15 is 0 Å². The van der Waals surface area contributed by atoms with Crippen LogP contribution in [0.2, 0.25) is 5.02 Å². The summed E-state index contributed by atoms with van der Waals surface area (Å²) in [6.45, 7) is 0. The topological polar surface area (TPSA) is 88.2 Å². The average Bonchev–Trinajstić information content (AvgIpc) is 2.51. The molecular formula is C17H15ClF3N3O2. The van der Waals surface area contributed by atoms with E-state index in [9.17, 15) is 18.0 Å². The van der Waals surface area contributed by atoms with Crippen LogP contribution >= 0.6 is 11.6 Å². The van der Waals surface area contributed by atoms with Crippen molar-refractivity contribution in [3.63, 3.8) is 0 Å². The monoisotopic (exact) mass is 385 g/mol. The van der Waals surface area contributed by atoms with E-state index in [0.717, 1.165) is 6.07 Å². The van der Waals surface area contributed by atoms with Crippen LogP contribution in [0.1, 0.15) is 17.0 Å². The van der Waals surface area contributed by atoms with Crippen molar-refractivity contribution in [3.8, 4) is 5.75 Å². The second kappa shape index (κ2) is 8.09. The maximum Gasteiger partial charge on any atom is 0.573 e. The molecule has 1 atom stereocenters. The summed E-state index contributed by atoms with van der Waals surface area (Å²) in [6.07, 6.45) is -4.87. The standard InChI is InChI=1S/C17H15ClF3N3O2/c18-11-5-3-4-10(8-11)9-13(15(25)24-16(22)23)12-6-1-2-7-14(12)26-17(19,20)21/h1-8,13H,9H2,(H4,22,23,24,25)/t13-/m1/s1. The van der Waals surface area contributed by atoms with Crippen LogP contribution in [0.4, 0.5) is 13.2 Å². The number of ether oxygens (including phenoxy) is 1. The van der Waals surface area contributed by atoms with E-state index in [-0.39, 0.29) is 12.0 Å². The molecule has 138 valence electrons. The molecule has 2 rings (SSSR count). The first-order valence-corrected chi connectivity index (χ1v) is 7.77. The number of halogens is 4. The number of amides is 1. The summed E-state index contributed by atoms with van der Waals surface area (Å²) in [5.74, 6) is -2.90. The Morgan fingerprint density at radius 2 is 1.92 bits per heavy atom. The highest BCUT2D eigenvalue weighted by molar-refractivity contribution is 6.30. The third kappa shape index (κ3) is 5.66. The minimum atomic E-state index is -4.91. The summed E-state index contributed by atoms with van der Waals surface area (Å²) < 4.78 is 42.1. The highest BCUT2D eigenvalue weighted by Crippen LogP contribution is 2.33. The molecule has 0 unspecified atom stereocenters. The first-order chi connectivity index (χ1) is 12.2. The van der Waals surface area contributed by atoms with E-state index in [4.69, 9.17) is 22.7 Å². The average molecular weight is 386 g/mol. The number of alkyl halides is 3. The van der Waals surface area contributed by atoms with Crippen molar-refractivity contribution in [3.05, 3.63) is 64.7 Å². The predicted octanol–water partition coefficient (Wildman–Crippen LogP) is 3.57. The zero-order valence-electron chi connectivity index (χ0n) is 13.3. The molecule has 0 saturated carbocycles. The van der Waals surface area contributed by atoms with Gasteiger partial charge in [-0.15, -0.1) is 13.2 Å². The number of nitrogens with one attached hydrogen (secondary N) is 2. The first kappa shape index (κ1) is 19.6. The van der Waals surface area contributed by atoms with Crippen LogP contribution in [0.5, 0.6) is 5.75 Å². The molecule has 26 heavy (non-hydrogen) atoms. The third-order valence-corrected chi connectivity index (χ3v) is 3.66. The van der Waals surface area contributed by atoms with Gasteiger partial charge < -0.3 is 10.5 Å². The highest BCUT2D eigenvalue weighted by Gasteiger charge is 2.34. The van der Waals surface area contributed by atoms with E-state index in [1.807, 2.05) is 0 Å². The molecule has 0 fully saturated rings. The SMILES string of the molecule is N=C(N)NC(=O)[C@H](Cc1cccc(Cl)c1)c1ccccc1OC(F)(F)F. The van der Waals surface area contributed by atoms with E-state index < -0.39 is 29.9 Å².